The Bertz CT molecular complexity index is 1560. The molecule has 35 heavy (non-hydrogen) atoms. The van der Waals surface area contributed by atoms with E-state index in [9.17, 15) is 22.4 Å². The van der Waals surface area contributed by atoms with Crippen LogP contribution in [0.25, 0.3) is 17.1 Å². The number of imidazole rings is 1. The minimum Gasteiger partial charge on any atom is -0.411 e. The summed E-state index contributed by atoms with van der Waals surface area (Å²) in [6.07, 6.45) is -0.511. The highest BCUT2D eigenvalue weighted by molar-refractivity contribution is 5.90. The summed E-state index contributed by atoms with van der Waals surface area (Å²) in [4.78, 5) is 22.1. The van der Waals surface area contributed by atoms with Crippen molar-refractivity contribution >= 4 is 11.4 Å². The molecule has 0 saturated heterocycles. The molecule has 5 aromatic heterocycles. The highest BCUT2D eigenvalue weighted by Gasteiger charge is 2.38. The number of pyridine rings is 1. The Morgan fingerprint density at radius 3 is 2.80 bits per heavy atom. The molecule has 0 bridgehead atoms. The predicted molar refractivity (Wildman–Crippen MR) is 107 cm³/mol. The Morgan fingerprint density at radius 2 is 2.03 bits per heavy atom. The van der Waals surface area contributed by atoms with Gasteiger partial charge >= 0.3 is 18.1 Å². The Balaban J connectivity index is 1.37. The average Bonchev–Trinajstić information content (AvgIpc) is 3.62. The summed E-state index contributed by atoms with van der Waals surface area (Å²) in [7, 11) is 0. The number of alkyl halides is 3. The van der Waals surface area contributed by atoms with Gasteiger partial charge in [-0.25, -0.2) is 13.9 Å². The van der Waals surface area contributed by atoms with Gasteiger partial charge in [0.2, 0.25) is 0 Å². The van der Waals surface area contributed by atoms with Crippen LogP contribution in [0.3, 0.4) is 0 Å². The second-order valence-electron chi connectivity index (χ2n) is 7.70. The molecule has 178 valence electrons. The molecule has 6 heterocycles. The Morgan fingerprint density at radius 1 is 1.17 bits per heavy atom. The zero-order valence-corrected chi connectivity index (χ0v) is 17.4. The molecular weight excluding hydrogens is 474 g/mol. The van der Waals surface area contributed by atoms with Gasteiger partial charge in [0, 0.05) is 31.1 Å². The van der Waals surface area contributed by atoms with E-state index in [1.54, 1.807) is 6.20 Å². The Kier molecular flexibility index (Phi) is 4.49. The summed E-state index contributed by atoms with van der Waals surface area (Å²) < 4.78 is 59.3. The van der Waals surface area contributed by atoms with Gasteiger partial charge in [0.15, 0.2) is 0 Å². The molecule has 1 aliphatic rings. The third-order valence-corrected chi connectivity index (χ3v) is 5.61. The first-order valence-corrected chi connectivity index (χ1v) is 10.2. The normalized spacial score (nSPS) is 16.1. The minimum atomic E-state index is -4.72. The van der Waals surface area contributed by atoms with Gasteiger partial charge in [0.1, 0.15) is 23.1 Å². The molecule has 0 saturated carbocycles. The number of rotatable bonds is 3. The highest BCUT2D eigenvalue weighted by Crippen LogP contribution is 2.34. The zero-order chi connectivity index (χ0) is 24.3. The topological polar surface area (TPSA) is 123 Å². The number of fused-ring (bicyclic) bond motifs is 2. The summed E-state index contributed by atoms with van der Waals surface area (Å²) in [5, 5.41) is 15.2. The van der Waals surface area contributed by atoms with Crippen LogP contribution in [0.4, 0.5) is 17.6 Å². The van der Waals surface area contributed by atoms with E-state index in [2.05, 4.69) is 30.4 Å². The molecule has 0 spiro atoms. The van der Waals surface area contributed by atoms with Crippen molar-refractivity contribution in [3.8, 4) is 11.6 Å². The summed E-state index contributed by atoms with van der Waals surface area (Å²) in [5.74, 6) is -1.96. The van der Waals surface area contributed by atoms with E-state index in [0.717, 1.165) is 11.8 Å². The standard InChI is InChI=1S/C20H13F4N9O2/c21-10-2-1-5-32-14(10)8-13(29-32)16-15-11(25-9-26-15)3-6-31(16)19(34)18-28-27-17(35-18)12-4-7-33(30-12)20(22,23)24/h1-2,4-5,7-9,16H,3,6H2,(H,25,26)/t16-/m1/s1. The van der Waals surface area contributed by atoms with Crippen molar-refractivity contribution in [2.75, 3.05) is 6.54 Å². The fraction of sp³-hybridized carbons (Fsp3) is 0.200. The van der Waals surface area contributed by atoms with Crippen LogP contribution in [0.2, 0.25) is 0 Å². The maximum atomic E-state index is 14.3. The second-order valence-corrected chi connectivity index (χ2v) is 7.70. The lowest BCUT2D eigenvalue weighted by atomic mass is 9.99. The first kappa shape index (κ1) is 21.0. The van der Waals surface area contributed by atoms with Crippen LogP contribution < -0.4 is 0 Å². The number of hydrogen-bond acceptors (Lipinski definition) is 7. The molecule has 11 nitrogen and oxygen atoms in total. The van der Waals surface area contributed by atoms with Crippen LogP contribution in [0, 0.1) is 5.82 Å². The number of nitrogens with zero attached hydrogens (tertiary/aromatic N) is 8. The largest absolute Gasteiger partial charge is 0.504 e. The van der Waals surface area contributed by atoms with E-state index in [4.69, 9.17) is 4.42 Å². The van der Waals surface area contributed by atoms with Crippen molar-refractivity contribution in [3.05, 3.63) is 71.8 Å². The van der Waals surface area contributed by atoms with E-state index >= 15 is 0 Å². The first-order valence-electron chi connectivity index (χ1n) is 10.2. The fourth-order valence-corrected chi connectivity index (χ4v) is 4.04. The number of amides is 1. The van der Waals surface area contributed by atoms with E-state index in [1.807, 2.05) is 0 Å². The summed E-state index contributed by atoms with van der Waals surface area (Å²) >= 11 is 0. The van der Waals surface area contributed by atoms with Crippen molar-refractivity contribution in [2.24, 2.45) is 0 Å². The molecule has 1 aliphatic heterocycles. The number of nitrogens with one attached hydrogen (secondary N) is 1. The molecule has 6 rings (SSSR count). The van der Waals surface area contributed by atoms with Gasteiger partial charge in [-0.2, -0.15) is 14.9 Å². The number of hydrogen-bond donors (Lipinski definition) is 1. The van der Waals surface area contributed by atoms with Gasteiger partial charge in [-0.1, -0.05) is 0 Å². The third-order valence-electron chi connectivity index (χ3n) is 5.61. The first-order chi connectivity index (χ1) is 16.8. The van der Waals surface area contributed by atoms with Gasteiger partial charge in [0.05, 0.1) is 17.7 Å². The van der Waals surface area contributed by atoms with Crippen LogP contribution in [0.1, 0.15) is 33.8 Å². The predicted octanol–water partition coefficient (Wildman–Crippen LogP) is 2.71. The SMILES string of the molecule is O=C(c1nnc(-c2ccn(C(F)(F)F)n2)o1)N1CCc2[nH]cnc2[C@H]1c1cc2c(F)cccn2n1. The smallest absolute Gasteiger partial charge is 0.411 e. The van der Waals surface area contributed by atoms with Crippen LogP contribution in [0.15, 0.2) is 47.4 Å². The average molecular weight is 487 g/mol. The lowest BCUT2D eigenvalue weighted by Gasteiger charge is -2.32. The number of carbonyl (C=O) groups excluding carboxylic acids is 1. The second kappa shape index (κ2) is 7.48. The molecule has 0 aromatic carbocycles. The molecule has 1 atom stereocenters. The third kappa shape index (κ3) is 3.43. The number of H-pyrrole nitrogens is 1. The fourth-order valence-electron chi connectivity index (χ4n) is 4.04. The monoisotopic (exact) mass is 487 g/mol. The minimum absolute atomic E-state index is 0.212. The van der Waals surface area contributed by atoms with E-state index in [-0.39, 0.29) is 28.3 Å². The molecule has 1 N–H and O–H groups in total. The van der Waals surface area contributed by atoms with Crippen LogP contribution in [-0.4, -0.2) is 56.9 Å². The maximum Gasteiger partial charge on any atom is 0.504 e. The van der Waals surface area contributed by atoms with Crippen molar-refractivity contribution in [2.45, 2.75) is 18.8 Å². The van der Waals surface area contributed by atoms with Gasteiger partial charge < -0.3 is 14.3 Å². The number of halogens is 4. The van der Waals surface area contributed by atoms with E-state index in [0.29, 0.717) is 24.0 Å². The van der Waals surface area contributed by atoms with Gasteiger partial charge in [0.25, 0.3) is 5.89 Å². The Labute approximate surface area is 192 Å². The quantitative estimate of drug-likeness (QED) is 0.388. The number of carbonyl (C=O) groups is 1. The van der Waals surface area contributed by atoms with Crippen molar-refractivity contribution in [1.82, 2.24) is 44.5 Å². The summed E-state index contributed by atoms with van der Waals surface area (Å²) in [6, 6.07) is 4.57. The molecule has 1 amide bonds. The van der Waals surface area contributed by atoms with E-state index in [1.165, 1.54) is 33.9 Å². The van der Waals surface area contributed by atoms with E-state index < -0.39 is 30.0 Å². The molecule has 15 heteroatoms. The maximum absolute atomic E-state index is 14.3. The molecule has 5 aromatic rings. The van der Waals surface area contributed by atoms with Gasteiger partial charge in [-0.3, -0.25) is 4.79 Å². The summed E-state index contributed by atoms with van der Waals surface area (Å²) in [5.41, 5.74) is 1.66. The van der Waals surface area contributed by atoms with Crippen molar-refractivity contribution < 1.29 is 26.8 Å². The lowest BCUT2D eigenvalue weighted by molar-refractivity contribution is -0.212. The van der Waals surface area contributed by atoms with Gasteiger partial charge in [-0.15, -0.1) is 23.4 Å². The molecule has 0 radical (unpaired) electrons. The van der Waals surface area contributed by atoms with Crippen LogP contribution in [0.5, 0.6) is 0 Å². The molecule has 0 unspecified atom stereocenters. The molecular formula is C20H13F4N9O2. The molecule has 0 fully saturated rings. The zero-order valence-electron chi connectivity index (χ0n) is 17.4. The Hall–Kier alpha value is -4.56. The highest BCUT2D eigenvalue weighted by atomic mass is 19.4. The van der Waals surface area contributed by atoms with Crippen LogP contribution >= 0.6 is 0 Å². The number of aromatic amines is 1. The number of aromatic nitrogens is 8. The van der Waals surface area contributed by atoms with Gasteiger partial charge in [-0.05, 0) is 24.3 Å². The lowest BCUT2D eigenvalue weighted by Crippen LogP contribution is -2.41. The van der Waals surface area contributed by atoms with Crippen molar-refractivity contribution in [1.29, 1.82) is 0 Å². The molecule has 0 aliphatic carbocycles. The summed E-state index contributed by atoms with van der Waals surface area (Å²) in [6.45, 7) is 0.218. The van der Waals surface area contributed by atoms with Crippen molar-refractivity contribution in [3.63, 3.8) is 0 Å². The van der Waals surface area contributed by atoms with Crippen LogP contribution in [-0.2, 0) is 12.7 Å².